The van der Waals surface area contributed by atoms with Crippen molar-refractivity contribution in [3.63, 3.8) is 0 Å². The smallest absolute Gasteiger partial charge is 0.264 e. The first-order chi connectivity index (χ1) is 18.4. The largest absolute Gasteiger partial charge is 0.352 e. The van der Waals surface area contributed by atoms with Crippen LogP contribution in [-0.2, 0) is 26.2 Å². The first kappa shape index (κ1) is 30.7. The van der Waals surface area contributed by atoms with Crippen molar-refractivity contribution in [2.75, 3.05) is 10.8 Å². The van der Waals surface area contributed by atoms with E-state index in [1.165, 1.54) is 17.0 Å². The van der Waals surface area contributed by atoms with Crippen LogP contribution in [0.4, 0.5) is 5.69 Å². The van der Waals surface area contributed by atoms with Gasteiger partial charge in [0, 0.05) is 22.1 Å². The zero-order chi connectivity index (χ0) is 28.7. The first-order valence-electron chi connectivity index (χ1n) is 12.6. The molecule has 3 rings (SSSR count). The molecule has 10 heteroatoms. The molecule has 0 aromatic heterocycles. The monoisotopic (exact) mass is 633 g/mol. The molecule has 0 bridgehead atoms. The lowest BCUT2D eigenvalue weighted by Gasteiger charge is -2.33. The average Bonchev–Trinajstić information content (AvgIpc) is 2.92. The summed E-state index contributed by atoms with van der Waals surface area (Å²) < 4.78 is 29.7. The second-order valence-corrected chi connectivity index (χ2v) is 12.5. The number of anilines is 1. The van der Waals surface area contributed by atoms with Crippen molar-refractivity contribution in [3.05, 3.63) is 93.4 Å². The van der Waals surface area contributed by atoms with Gasteiger partial charge in [0.05, 0.1) is 10.6 Å². The van der Waals surface area contributed by atoms with E-state index in [4.69, 9.17) is 11.6 Å². The number of sulfonamides is 1. The van der Waals surface area contributed by atoms with Crippen molar-refractivity contribution in [2.45, 2.75) is 57.6 Å². The van der Waals surface area contributed by atoms with Crippen LogP contribution in [0.25, 0.3) is 0 Å². The van der Waals surface area contributed by atoms with Crippen LogP contribution in [0.1, 0.15) is 38.3 Å². The molecule has 2 atom stereocenters. The summed E-state index contributed by atoms with van der Waals surface area (Å²) >= 11 is 9.77. The van der Waals surface area contributed by atoms with Crippen LogP contribution in [0.5, 0.6) is 0 Å². The summed E-state index contributed by atoms with van der Waals surface area (Å²) in [6.45, 7) is 6.80. The third-order valence-electron chi connectivity index (χ3n) is 6.55. The van der Waals surface area contributed by atoms with Gasteiger partial charge in [0.1, 0.15) is 12.6 Å². The highest BCUT2D eigenvalue weighted by Gasteiger charge is 2.33. The van der Waals surface area contributed by atoms with E-state index in [9.17, 15) is 18.0 Å². The summed E-state index contributed by atoms with van der Waals surface area (Å²) in [5, 5.41) is 3.30. The molecule has 0 aliphatic carbocycles. The van der Waals surface area contributed by atoms with E-state index in [0.717, 1.165) is 20.8 Å². The van der Waals surface area contributed by atoms with E-state index in [1.54, 1.807) is 50.2 Å². The van der Waals surface area contributed by atoms with Gasteiger partial charge in [-0.15, -0.1) is 0 Å². The molecule has 0 heterocycles. The number of carbonyl (C=O) groups excluding carboxylic acids is 2. The Morgan fingerprint density at radius 2 is 1.62 bits per heavy atom. The summed E-state index contributed by atoms with van der Waals surface area (Å²) in [6.07, 6.45) is 0.732. The maximum atomic E-state index is 14.0. The Morgan fingerprint density at radius 1 is 0.974 bits per heavy atom. The zero-order valence-electron chi connectivity index (χ0n) is 22.4. The number of amides is 2. The predicted octanol–water partition coefficient (Wildman–Crippen LogP) is 5.94. The SMILES string of the molecule is CC[C@@H](C)NC(=O)[C@H](C)N(Cc1ccc(Br)cc1)C(=O)CN(c1cccc(Cl)c1C)S(=O)(=O)c1ccccc1. The van der Waals surface area contributed by atoms with E-state index in [0.29, 0.717) is 16.3 Å². The van der Waals surface area contributed by atoms with Gasteiger partial charge in [-0.2, -0.15) is 0 Å². The van der Waals surface area contributed by atoms with Crippen molar-refractivity contribution in [1.82, 2.24) is 10.2 Å². The van der Waals surface area contributed by atoms with Crippen LogP contribution in [0.15, 0.2) is 82.2 Å². The van der Waals surface area contributed by atoms with Crippen LogP contribution in [0, 0.1) is 6.92 Å². The van der Waals surface area contributed by atoms with Crippen LogP contribution < -0.4 is 9.62 Å². The summed E-state index contributed by atoms with van der Waals surface area (Å²) in [6, 6.07) is 19.3. The lowest BCUT2D eigenvalue weighted by molar-refractivity contribution is -0.139. The molecule has 0 saturated heterocycles. The number of benzene rings is 3. The van der Waals surface area contributed by atoms with E-state index < -0.39 is 28.5 Å². The molecule has 0 fully saturated rings. The Kier molecular flexibility index (Phi) is 10.6. The van der Waals surface area contributed by atoms with Gasteiger partial charge in [-0.25, -0.2) is 8.42 Å². The molecule has 208 valence electrons. The molecule has 0 aliphatic rings. The predicted molar refractivity (Wildman–Crippen MR) is 159 cm³/mol. The second-order valence-electron chi connectivity index (χ2n) is 9.35. The lowest BCUT2D eigenvalue weighted by Crippen LogP contribution is -2.52. The van der Waals surface area contributed by atoms with Gasteiger partial charge in [0.15, 0.2) is 0 Å². The third-order valence-corrected chi connectivity index (χ3v) is 9.26. The molecule has 0 unspecified atom stereocenters. The van der Waals surface area contributed by atoms with Crippen molar-refractivity contribution in [3.8, 4) is 0 Å². The van der Waals surface area contributed by atoms with Gasteiger partial charge >= 0.3 is 0 Å². The standard InChI is InChI=1S/C29H33BrClN3O4S/c1-5-20(2)32-29(36)22(4)33(18-23-14-16-24(30)17-15-23)28(35)19-34(27-13-9-12-26(31)21(27)3)39(37,38)25-10-7-6-8-11-25/h6-17,20,22H,5,18-19H2,1-4H3,(H,32,36)/t20-,22+/m1/s1. The fourth-order valence-corrected chi connectivity index (χ4v) is 5.86. The van der Waals surface area contributed by atoms with E-state index in [2.05, 4.69) is 21.2 Å². The highest BCUT2D eigenvalue weighted by molar-refractivity contribution is 9.10. The van der Waals surface area contributed by atoms with Crippen LogP contribution in [-0.4, -0.2) is 43.8 Å². The maximum Gasteiger partial charge on any atom is 0.264 e. The van der Waals surface area contributed by atoms with Gasteiger partial charge in [-0.05, 0) is 74.7 Å². The van der Waals surface area contributed by atoms with E-state index in [-0.39, 0.29) is 23.4 Å². The van der Waals surface area contributed by atoms with Gasteiger partial charge < -0.3 is 10.2 Å². The number of rotatable bonds is 11. The minimum atomic E-state index is -4.15. The number of nitrogens with zero attached hydrogens (tertiary/aromatic N) is 2. The molecule has 7 nitrogen and oxygen atoms in total. The topological polar surface area (TPSA) is 86.8 Å². The lowest BCUT2D eigenvalue weighted by atomic mass is 10.1. The average molecular weight is 635 g/mol. The van der Waals surface area contributed by atoms with Gasteiger partial charge in [0.25, 0.3) is 10.0 Å². The minimum absolute atomic E-state index is 0.0409. The fraction of sp³-hybridized carbons (Fsp3) is 0.310. The Bertz CT molecular complexity index is 1400. The summed E-state index contributed by atoms with van der Waals surface area (Å²) in [5.74, 6) is -0.838. The Labute approximate surface area is 244 Å². The maximum absolute atomic E-state index is 14.0. The van der Waals surface area contributed by atoms with Crippen LogP contribution >= 0.6 is 27.5 Å². The van der Waals surface area contributed by atoms with E-state index >= 15 is 0 Å². The summed E-state index contributed by atoms with van der Waals surface area (Å²) in [5.41, 5.74) is 1.61. The Balaban J connectivity index is 2.05. The van der Waals surface area contributed by atoms with Crippen molar-refractivity contribution in [1.29, 1.82) is 0 Å². The van der Waals surface area contributed by atoms with Crippen LogP contribution in [0.2, 0.25) is 5.02 Å². The minimum Gasteiger partial charge on any atom is -0.352 e. The highest BCUT2D eigenvalue weighted by atomic mass is 79.9. The van der Waals surface area contributed by atoms with Gasteiger partial charge in [-0.1, -0.05) is 70.9 Å². The number of nitrogens with one attached hydrogen (secondary N) is 1. The molecule has 3 aromatic carbocycles. The summed E-state index contributed by atoms with van der Waals surface area (Å²) in [4.78, 5) is 28.5. The Hall–Kier alpha value is -2.88. The Morgan fingerprint density at radius 3 is 2.23 bits per heavy atom. The van der Waals surface area contributed by atoms with Gasteiger partial charge in [0.2, 0.25) is 11.8 Å². The van der Waals surface area contributed by atoms with Crippen molar-refractivity contribution in [2.24, 2.45) is 0 Å². The summed E-state index contributed by atoms with van der Waals surface area (Å²) in [7, 11) is -4.15. The number of hydrogen-bond donors (Lipinski definition) is 1. The highest BCUT2D eigenvalue weighted by Crippen LogP contribution is 2.31. The molecule has 0 spiro atoms. The zero-order valence-corrected chi connectivity index (χ0v) is 25.6. The second kappa shape index (κ2) is 13.5. The fourth-order valence-electron chi connectivity index (χ4n) is 3.93. The molecule has 0 aliphatic heterocycles. The quantitative estimate of drug-likeness (QED) is 0.283. The molecule has 39 heavy (non-hydrogen) atoms. The molecule has 0 saturated carbocycles. The molecule has 3 aromatic rings. The van der Waals surface area contributed by atoms with Crippen molar-refractivity contribution < 1.29 is 18.0 Å². The molecular weight excluding hydrogens is 602 g/mol. The van der Waals surface area contributed by atoms with Crippen LogP contribution in [0.3, 0.4) is 0 Å². The number of halogens is 2. The van der Waals surface area contributed by atoms with Crippen molar-refractivity contribution >= 4 is 55.1 Å². The normalized spacial score (nSPS) is 12.9. The molecule has 1 N–H and O–H groups in total. The third kappa shape index (κ3) is 7.62. The molecule has 0 radical (unpaired) electrons. The first-order valence-corrected chi connectivity index (χ1v) is 15.2. The number of carbonyl (C=O) groups is 2. The van der Waals surface area contributed by atoms with E-state index in [1.807, 2.05) is 38.1 Å². The number of hydrogen-bond acceptors (Lipinski definition) is 4. The molecule has 2 amide bonds. The molecular formula is C29H33BrClN3O4S. The van der Waals surface area contributed by atoms with Gasteiger partial charge in [-0.3, -0.25) is 13.9 Å².